The minimum Gasteiger partial charge on any atom is -0.359 e. The lowest BCUT2D eigenvalue weighted by molar-refractivity contribution is -0.389. The number of aryl methyl sites for hydroxylation is 1. The van der Waals surface area contributed by atoms with Crippen LogP contribution in [-0.4, -0.2) is 19.9 Å². The van der Waals surface area contributed by atoms with E-state index in [-0.39, 0.29) is 12.4 Å². The molecule has 0 aliphatic carbocycles. The monoisotopic (exact) mass is 318 g/mol. The van der Waals surface area contributed by atoms with Gasteiger partial charge in [0.25, 0.3) is 0 Å². The number of aromatic nitrogens is 3. The fourth-order valence-electron chi connectivity index (χ4n) is 2.03. The minimum absolute atomic E-state index is 0.185. The Morgan fingerprint density at radius 3 is 2.68 bits per heavy atom. The van der Waals surface area contributed by atoms with E-state index in [1.165, 1.54) is 10.7 Å². The number of nitrogens with zero attached hydrogens (tertiary/aromatic N) is 4. The quantitative estimate of drug-likeness (QED) is 0.543. The summed E-state index contributed by atoms with van der Waals surface area (Å²) in [4.78, 5) is 10.2. The molecule has 2 heterocycles. The molecule has 0 N–H and O–H groups in total. The maximum absolute atomic E-state index is 10.7. The van der Waals surface area contributed by atoms with Crippen LogP contribution in [0.25, 0.3) is 11.3 Å². The molecular formula is C14H11ClN4O3. The van der Waals surface area contributed by atoms with Crippen LogP contribution in [-0.2, 0) is 6.54 Å². The van der Waals surface area contributed by atoms with E-state index >= 15 is 0 Å². The molecule has 2 aromatic heterocycles. The predicted octanol–water partition coefficient (Wildman–Crippen LogP) is 3.46. The van der Waals surface area contributed by atoms with Crippen molar-refractivity contribution in [2.75, 3.05) is 0 Å². The summed E-state index contributed by atoms with van der Waals surface area (Å²) in [6.07, 6.45) is 0. The van der Waals surface area contributed by atoms with E-state index in [0.717, 1.165) is 5.56 Å². The zero-order valence-corrected chi connectivity index (χ0v) is 12.3. The van der Waals surface area contributed by atoms with Crippen molar-refractivity contribution >= 4 is 17.4 Å². The van der Waals surface area contributed by atoms with Gasteiger partial charge >= 0.3 is 5.82 Å². The zero-order valence-electron chi connectivity index (χ0n) is 11.6. The third-order valence-corrected chi connectivity index (χ3v) is 3.41. The first-order valence-corrected chi connectivity index (χ1v) is 6.81. The number of rotatable bonds is 4. The third-order valence-electron chi connectivity index (χ3n) is 3.16. The lowest BCUT2D eigenvalue weighted by atomic mass is 10.1. The van der Waals surface area contributed by atoms with E-state index in [0.29, 0.717) is 22.2 Å². The molecule has 0 unspecified atom stereocenters. The third kappa shape index (κ3) is 2.84. The van der Waals surface area contributed by atoms with Crippen LogP contribution in [0, 0.1) is 17.0 Å². The molecular weight excluding hydrogens is 308 g/mol. The summed E-state index contributed by atoms with van der Waals surface area (Å²) in [6, 6.07) is 10.4. The van der Waals surface area contributed by atoms with Crippen molar-refractivity contribution in [3.8, 4) is 11.3 Å². The van der Waals surface area contributed by atoms with E-state index in [4.69, 9.17) is 16.1 Å². The maximum atomic E-state index is 10.7. The molecule has 0 saturated heterocycles. The summed E-state index contributed by atoms with van der Waals surface area (Å²) in [5.74, 6) is 0.376. The Balaban J connectivity index is 1.82. The fourth-order valence-corrected chi connectivity index (χ4v) is 2.16. The highest BCUT2D eigenvalue weighted by atomic mass is 35.5. The van der Waals surface area contributed by atoms with Gasteiger partial charge in [0.2, 0.25) is 0 Å². The second-order valence-corrected chi connectivity index (χ2v) is 5.18. The average Bonchev–Trinajstić information content (AvgIpc) is 3.08. The molecule has 3 aromatic rings. The largest absolute Gasteiger partial charge is 0.390 e. The van der Waals surface area contributed by atoms with Gasteiger partial charge in [-0.25, -0.2) is 0 Å². The van der Waals surface area contributed by atoms with Crippen molar-refractivity contribution in [1.29, 1.82) is 0 Å². The molecule has 0 saturated carbocycles. The SMILES string of the molecule is Cc1cc([N+](=O)[O-])nn1Cc1cc(-c2ccc(Cl)cc2)no1. The molecule has 0 atom stereocenters. The van der Waals surface area contributed by atoms with Crippen LogP contribution in [0.3, 0.4) is 0 Å². The summed E-state index contributed by atoms with van der Waals surface area (Å²) in [5.41, 5.74) is 2.23. The molecule has 112 valence electrons. The molecule has 0 amide bonds. The molecule has 3 rings (SSSR count). The van der Waals surface area contributed by atoms with Crippen LogP contribution < -0.4 is 0 Å². The second kappa shape index (κ2) is 5.61. The van der Waals surface area contributed by atoms with Crippen LogP contribution >= 0.6 is 11.6 Å². The zero-order chi connectivity index (χ0) is 15.7. The van der Waals surface area contributed by atoms with E-state index in [2.05, 4.69) is 10.3 Å². The summed E-state index contributed by atoms with van der Waals surface area (Å²) < 4.78 is 6.77. The Hall–Kier alpha value is -2.67. The molecule has 0 fully saturated rings. The van der Waals surface area contributed by atoms with Gasteiger partial charge in [-0.3, -0.25) is 0 Å². The molecule has 8 heteroatoms. The van der Waals surface area contributed by atoms with E-state index in [1.807, 2.05) is 12.1 Å². The topological polar surface area (TPSA) is 87.0 Å². The Labute approximate surface area is 130 Å². The summed E-state index contributed by atoms with van der Waals surface area (Å²) in [5, 5.41) is 19.3. The van der Waals surface area contributed by atoms with Crippen molar-refractivity contribution in [3.05, 3.63) is 63.0 Å². The van der Waals surface area contributed by atoms with Crippen LogP contribution in [0.1, 0.15) is 11.5 Å². The summed E-state index contributed by atoms with van der Waals surface area (Å²) >= 11 is 5.85. The van der Waals surface area contributed by atoms with Gasteiger partial charge in [-0.05, 0) is 24.0 Å². The van der Waals surface area contributed by atoms with E-state index < -0.39 is 4.92 Å². The van der Waals surface area contributed by atoms with Crippen LogP contribution in [0.5, 0.6) is 0 Å². The highest BCUT2D eigenvalue weighted by Crippen LogP contribution is 2.22. The minimum atomic E-state index is -0.525. The Bertz CT molecular complexity index is 823. The molecule has 0 aliphatic heterocycles. The molecule has 0 radical (unpaired) electrons. The molecule has 1 aromatic carbocycles. The average molecular weight is 319 g/mol. The van der Waals surface area contributed by atoms with Crippen molar-refractivity contribution in [3.63, 3.8) is 0 Å². The van der Waals surface area contributed by atoms with Crippen molar-refractivity contribution in [1.82, 2.24) is 14.9 Å². The lowest BCUT2D eigenvalue weighted by Crippen LogP contribution is -2.03. The Morgan fingerprint density at radius 1 is 1.32 bits per heavy atom. The predicted molar refractivity (Wildman–Crippen MR) is 79.7 cm³/mol. The fraction of sp³-hybridized carbons (Fsp3) is 0.143. The van der Waals surface area contributed by atoms with Gasteiger partial charge in [-0.1, -0.05) is 28.9 Å². The standard InChI is InChI=1S/C14H11ClN4O3/c1-9-6-14(19(20)21)16-18(9)8-12-7-13(17-22-12)10-2-4-11(15)5-3-10/h2-7H,8H2,1H3. The highest BCUT2D eigenvalue weighted by Gasteiger charge is 2.17. The van der Waals surface area contributed by atoms with Crippen LogP contribution in [0.2, 0.25) is 5.02 Å². The smallest absolute Gasteiger partial charge is 0.359 e. The normalized spacial score (nSPS) is 10.8. The van der Waals surface area contributed by atoms with Crippen molar-refractivity contribution in [2.24, 2.45) is 0 Å². The van der Waals surface area contributed by atoms with Gasteiger partial charge in [-0.2, -0.15) is 4.68 Å². The molecule has 0 aliphatic rings. The molecule has 0 bridgehead atoms. The van der Waals surface area contributed by atoms with Crippen molar-refractivity contribution in [2.45, 2.75) is 13.5 Å². The number of hydrogen-bond donors (Lipinski definition) is 0. The van der Waals surface area contributed by atoms with Gasteiger partial charge in [-0.15, -0.1) is 0 Å². The molecule has 7 nitrogen and oxygen atoms in total. The maximum Gasteiger partial charge on any atom is 0.390 e. The van der Waals surface area contributed by atoms with Gasteiger partial charge in [0.05, 0.1) is 16.9 Å². The molecule has 0 spiro atoms. The summed E-state index contributed by atoms with van der Waals surface area (Å²) in [6.45, 7) is 2.02. The molecule has 22 heavy (non-hydrogen) atoms. The van der Waals surface area contributed by atoms with Gasteiger partial charge in [0, 0.05) is 16.7 Å². The van der Waals surface area contributed by atoms with Gasteiger partial charge in [0.15, 0.2) is 5.76 Å². The number of hydrogen-bond acceptors (Lipinski definition) is 5. The van der Waals surface area contributed by atoms with Gasteiger partial charge < -0.3 is 14.6 Å². The number of nitro groups is 1. The van der Waals surface area contributed by atoms with Gasteiger partial charge in [0.1, 0.15) is 12.2 Å². The van der Waals surface area contributed by atoms with Crippen LogP contribution in [0.4, 0.5) is 5.82 Å². The van der Waals surface area contributed by atoms with Crippen LogP contribution in [0.15, 0.2) is 40.9 Å². The van der Waals surface area contributed by atoms with E-state index in [9.17, 15) is 10.1 Å². The summed E-state index contributed by atoms with van der Waals surface area (Å²) in [7, 11) is 0. The Kier molecular flexibility index (Phi) is 3.64. The lowest BCUT2D eigenvalue weighted by Gasteiger charge is -1.95. The Morgan fingerprint density at radius 2 is 2.05 bits per heavy atom. The highest BCUT2D eigenvalue weighted by molar-refractivity contribution is 6.30. The number of halogens is 1. The first-order valence-electron chi connectivity index (χ1n) is 6.43. The number of benzene rings is 1. The first-order chi connectivity index (χ1) is 10.5. The van der Waals surface area contributed by atoms with E-state index in [1.54, 1.807) is 25.1 Å². The first kappa shape index (κ1) is 14.3. The second-order valence-electron chi connectivity index (χ2n) is 4.74. The van der Waals surface area contributed by atoms with Crippen molar-refractivity contribution < 1.29 is 9.45 Å².